The second-order valence-corrected chi connectivity index (χ2v) is 11.6. The zero-order chi connectivity index (χ0) is 37.8. The molecular formula is C28H51N11O10. The lowest BCUT2D eigenvalue weighted by molar-refractivity contribution is -0.141. The summed E-state index contributed by atoms with van der Waals surface area (Å²) in [6.45, 7) is 5.85. The van der Waals surface area contributed by atoms with Gasteiger partial charge < -0.3 is 64.6 Å². The van der Waals surface area contributed by atoms with Crippen LogP contribution in [-0.4, -0.2) is 126 Å². The molecule has 6 atom stereocenters. The molecular weight excluding hydrogens is 650 g/mol. The Hall–Kier alpha value is -5.05. The molecule has 0 aliphatic heterocycles. The summed E-state index contributed by atoms with van der Waals surface area (Å²) in [6, 6.07) is -7.03. The number of nitrogens with zero attached hydrogens (tertiary/aromatic N) is 1. The molecule has 0 aliphatic carbocycles. The van der Waals surface area contributed by atoms with E-state index >= 15 is 0 Å². The summed E-state index contributed by atoms with van der Waals surface area (Å²) >= 11 is 0. The summed E-state index contributed by atoms with van der Waals surface area (Å²) in [4.78, 5) is 102. The first-order valence-electron chi connectivity index (χ1n) is 15.5. The van der Waals surface area contributed by atoms with Gasteiger partial charge in [-0.1, -0.05) is 13.8 Å². The number of nitrogens with two attached hydrogens (primary N) is 3. The molecule has 0 fully saturated rings. The van der Waals surface area contributed by atoms with Crippen LogP contribution in [0.1, 0.15) is 53.9 Å². The first-order chi connectivity index (χ1) is 22.8. The van der Waals surface area contributed by atoms with Crippen molar-refractivity contribution in [1.82, 2.24) is 37.2 Å². The molecule has 7 amide bonds. The number of carbonyl (C=O) groups is 8. The quantitative estimate of drug-likeness (QED) is 0.0285. The molecule has 0 radical (unpaired) electrons. The number of rotatable bonds is 22. The fourth-order valence-corrected chi connectivity index (χ4v) is 3.84. The van der Waals surface area contributed by atoms with Crippen LogP contribution in [0.2, 0.25) is 0 Å². The summed E-state index contributed by atoms with van der Waals surface area (Å²) in [6.07, 6.45) is 0.488. The van der Waals surface area contributed by atoms with Gasteiger partial charge in [0.25, 0.3) is 0 Å². The van der Waals surface area contributed by atoms with Crippen molar-refractivity contribution in [2.45, 2.75) is 90.1 Å². The Kier molecular flexibility index (Phi) is 20.2. The minimum atomic E-state index is -1.29. The van der Waals surface area contributed by atoms with Gasteiger partial charge in [-0.3, -0.25) is 43.3 Å². The molecule has 0 saturated heterocycles. The van der Waals surface area contributed by atoms with E-state index in [1.54, 1.807) is 13.8 Å². The van der Waals surface area contributed by atoms with Crippen molar-refractivity contribution >= 4 is 53.3 Å². The predicted molar refractivity (Wildman–Crippen MR) is 175 cm³/mol. The molecule has 15 N–H and O–H groups in total. The summed E-state index contributed by atoms with van der Waals surface area (Å²) in [5, 5.41) is 34.5. The number of aliphatic carboxylic acids is 1. The molecule has 278 valence electrons. The van der Waals surface area contributed by atoms with Crippen molar-refractivity contribution in [3.8, 4) is 0 Å². The van der Waals surface area contributed by atoms with Crippen molar-refractivity contribution in [3.05, 3.63) is 0 Å². The lowest BCUT2D eigenvalue weighted by Gasteiger charge is -2.25. The predicted octanol–water partition coefficient (Wildman–Crippen LogP) is -5.79. The van der Waals surface area contributed by atoms with E-state index in [1.807, 2.05) is 0 Å². The largest absolute Gasteiger partial charge is 0.480 e. The number of aliphatic hydroxyl groups excluding tert-OH is 1. The van der Waals surface area contributed by atoms with Gasteiger partial charge in [-0.2, -0.15) is 0 Å². The van der Waals surface area contributed by atoms with Crippen LogP contribution in [-0.2, 0) is 38.4 Å². The highest BCUT2D eigenvalue weighted by Gasteiger charge is 2.29. The van der Waals surface area contributed by atoms with Gasteiger partial charge in [-0.15, -0.1) is 0 Å². The van der Waals surface area contributed by atoms with Crippen LogP contribution in [0.5, 0.6) is 0 Å². The number of carboxylic acids is 1. The molecule has 0 saturated carbocycles. The SMILES string of the molecule is CC(C)CC(NC(=O)C(CCCN=C(N)N)NC(=O)C(N)CO)C(=O)NCC(=O)NC(C)C(=O)NC(C)C(=O)NCC(=O)NC(C)C(=O)O. The number of carboxylic acid groups (broad SMARTS) is 1. The molecule has 21 heteroatoms. The fraction of sp³-hybridized carbons (Fsp3) is 0.679. The highest BCUT2D eigenvalue weighted by molar-refractivity contribution is 5.96. The first kappa shape index (κ1) is 43.9. The summed E-state index contributed by atoms with van der Waals surface area (Å²) in [5.74, 6) is -6.79. The summed E-state index contributed by atoms with van der Waals surface area (Å²) in [7, 11) is 0. The van der Waals surface area contributed by atoms with Gasteiger partial charge in [-0.05, 0) is 46.0 Å². The Balaban J connectivity index is 5.17. The number of carbonyl (C=O) groups excluding carboxylic acids is 7. The van der Waals surface area contributed by atoms with Crippen LogP contribution in [0.15, 0.2) is 4.99 Å². The molecule has 0 bridgehead atoms. The monoisotopic (exact) mass is 701 g/mol. The Morgan fingerprint density at radius 2 is 1.16 bits per heavy atom. The van der Waals surface area contributed by atoms with Crippen molar-refractivity contribution < 1.29 is 48.6 Å². The second-order valence-electron chi connectivity index (χ2n) is 11.6. The van der Waals surface area contributed by atoms with Gasteiger partial charge in [0.2, 0.25) is 41.4 Å². The van der Waals surface area contributed by atoms with Gasteiger partial charge >= 0.3 is 5.97 Å². The van der Waals surface area contributed by atoms with Crippen LogP contribution in [0.25, 0.3) is 0 Å². The topological polar surface area (TPSA) is 352 Å². The Morgan fingerprint density at radius 1 is 0.653 bits per heavy atom. The maximum atomic E-state index is 13.2. The number of amides is 7. The number of nitrogens with one attached hydrogen (secondary N) is 7. The Bertz CT molecular complexity index is 1210. The number of aliphatic hydroxyl groups is 1. The van der Waals surface area contributed by atoms with Crippen molar-refractivity contribution in [1.29, 1.82) is 0 Å². The van der Waals surface area contributed by atoms with E-state index in [2.05, 4.69) is 42.2 Å². The second kappa shape index (κ2) is 22.5. The maximum Gasteiger partial charge on any atom is 0.325 e. The van der Waals surface area contributed by atoms with E-state index in [0.717, 1.165) is 0 Å². The number of aliphatic imine (C=N–C) groups is 1. The molecule has 0 aromatic carbocycles. The van der Waals surface area contributed by atoms with E-state index in [-0.39, 0.29) is 37.7 Å². The molecule has 21 nitrogen and oxygen atoms in total. The number of hydrogen-bond donors (Lipinski definition) is 12. The van der Waals surface area contributed by atoms with Gasteiger partial charge in [0, 0.05) is 6.54 Å². The van der Waals surface area contributed by atoms with Gasteiger partial charge in [0.15, 0.2) is 5.96 Å². The van der Waals surface area contributed by atoms with Crippen LogP contribution < -0.4 is 54.4 Å². The summed E-state index contributed by atoms with van der Waals surface area (Å²) < 4.78 is 0. The standard InChI is InChI=1S/C28H51N11O10/c1-13(2)9-19(39-26(47)18(7-6-8-32-28(30)31)38-24(45)17(29)12-40)25(46)34-11-20(41)35-15(4)23(44)37-14(3)22(43)33-10-21(42)36-16(5)27(48)49/h13-19,40H,6-12,29H2,1-5H3,(H,33,43)(H,34,46)(H,35,41)(H,36,42)(H,37,44)(H,38,45)(H,39,47)(H,48,49)(H4,30,31,32). The molecule has 0 aromatic heterocycles. The lowest BCUT2D eigenvalue weighted by Crippen LogP contribution is -2.57. The average Bonchev–Trinajstić information content (AvgIpc) is 3.02. The van der Waals surface area contributed by atoms with Crippen molar-refractivity contribution in [3.63, 3.8) is 0 Å². The van der Waals surface area contributed by atoms with Gasteiger partial charge in [0.05, 0.1) is 19.7 Å². The smallest absolute Gasteiger partial charge is 0.325 e. The molecule has 0 rings (SSSR count). The van der Waals surface area contributed by atoms with Crippen LogP contribution in [0.4, 0.5) is 0 Å². The zero-order valence-corrected chi connectivity index (χ0v) is 28.3. The van der Waals surface area contributed by atoms with E-state index in [4.69, 9.17) is 22.3 Å². The van der Waals surface area contributed by atoms with E-state index in [0.29, 0.717) is 0 Å². The maximum absolute atomic E-state index is 13.2. The zero-order valence-electron chi connectivity index (χ0n) is 28.3. The van der Waals surface area contributed by atoms with E-state index < -0.39 is 103 Å². The molecule has 0 spiro atoms. The third-order valence-electron chi connectivity index (χ3n) is 6.57. The molecule has 6 unspecified atom stereocenters. The lowest BCUT2D eigenvalue weighted by atomic mass is 10.0. The van der Waals surface area contributed by atoms with Crippen molar-refractivity contribution in [2.24, 2.45) is 28.1 Å². The molecule has 0 aromatic rings. The fourth-order valence-electron chi connectivity index (χ4n) is 3.84. The highest BCUT2D eigenvalue weighted by Crippen LogP contribution is 2.07. The molecule has 49 heavy (non-hydrogen) atoms. The Morgan fingerprint density at radius 3 is 1.67 bits per heavy atom. The van der Waals surface area contributed by atoms with E-state index in [1.165, 1.54) is 20.8 Å². The van der Waals surface area contributed by atoms with Gasteiger partial charge in [-0.25, -0.2) is 0 Å². The number of hydrogen-bond acceptors (Lipinski definition) is 11. The summed E-state index contributed by atoms with van der Waals surface area (Å²) in [5.41, 5.74) is 16.2. The third kappa shape index (κ3) is 18.8. The van der Waals surface area contributed by atoms with E-state index in [9.17, 15) is 43.5 Å². The third-order valence-corrected chi connectivity index (χ3v) is 6.57. The van der Waals surface area contributed by atoms with Crippen LogP contribution in [0.3, 0.4) is 0 Å². The molecule has 0 aliphatic rings. The van der Waals surface area contributed by atoms with Crippen LogP contribution >= 0.6 is 0 Å². The molecule has 0 heterocycles. The Labute approximate surface area is 283 Å². The number of guanidine groups is 1. The highest BCUT2D eigenvalue weighted by atomic mass is 16.4. The first-order valence-corrected chi connectivity index (χ1v) is 15.5. The minimum absolute atomic E-state index is 0.0621. The minimum Gasteiger partial charge on any atom is -0.480 e. The van der Waals surface area contributed by atoms with Crippen LogP contribution in [0, 0.1) is 5.92 Å². The van der Waals surface area contributed by atoms with Gasteiger partial charge in [0.1, 0.15) is 36.3 Å². The normalized spacial score (nSPS) is 14.4. The average molecular weight is 702 g/mol. The van der Waals surface area contributed by atoms with Crippen molar-refractivity contribution in [2.75, 3.05) is 26.2 Å².